The van der Waals surface area contributed by atoms with Crippen LogP contribution < -0.4 is 10.1 Å². The van der Waals surface area contributed by atoms with Gasteiger partial charge in [-0.25, -0.2) is 4.98 Å². The summed E-state index contributed by atoms with van der Waals surface area (Å²) in [5.74, 6) is 1.41. The zero-order valence-electron chi connectivity index (χ0n) is 15.4. The summed E-state index contributed by atoms with van der Waals surface area (Å²) >= 11 is 1.43. The van der Waals surface area contributed by atoms with Crippen LogP contribution in [0, 0.1) is 0 Å². The van der Waals surface area contributed by atoms with Crippen molar-refractivity contribution in [2.45, 2.75) is 25.4 Å². The smallest absolute Gasteiger partial charge is 0.228 e. The zero-order chi connectivity index (χ0) is 19.2. The molecular formula is C21H22N2O4S. The predicted molar refractivity (Wildman–Crippen MR) is 109 cm³/mol. The molecule has 1 amide bonds. The first-order valence-corrected chi connectivity index (χ1v) is 10.2. The van der Waals surface area contributed by atoms with Crippen LogP contribution in [0.4, 0.5) is 5.13 Å². The molecule has 1 saturated heterocycles. The quantitative estimate of drug-likeness (QED) is 0.561. The lowest BCUT2D eigenvalue weighted by atomic mass is 10.2. The molecular weight excluding hydrogens is 376 g/mol. The number of aromatic nitrogens is 1. The molecule has 1 atom stereocenters. The van der Waals surface area contributed by atoms with Gasteiger partial charge in [-0.15, -0.1) is 0 Å². The summed E-state index contributed by atoms with van der Waals surface area (Å²) in [6.45, 7) is 1.74. The highest BCUT2D eigenvalue weighted by Gasteiger charge is 2.15. The minimum absolute atomic E-state index is 0.104. The molecule has 0 spiro atoms. The van der Waals surface area contributed by atoms with Gasteiger partial charge in [0.05, 0.1) is 36.0 Å². The van der Waals surface area contributed by atoms with Crippen LogP contribution in [0.2, 0.25) is 0 Å². The van der Waals surface area contributed by atoms with Crippen LogP contribution in [0.3, 0.4) is 0 Å². The molecule has 2 aromatic carbocycles. The van der Waals surface area contributed by atoms with E-state index in [1.807, 2.05) is 48.5 Å². The van der Waals surface area contributed by atoms with Gasteiger partial charge in [0.2, 0.25) is 5.91 Å². The normalized spacial score (nSPS) is 16.4. The maximum atomic E-state index is 12.1. The highest BCUT2D eigenvalue weighted by molar-refractivity contribution is 7.22. The molecule has 28 heavy (non-hydrogen) atoms. The minimum atomic E-state index is -0.104. The van der Waals surface area contributed by atoms with Crippen molar-refractivity contribution in [1.82, 2.24) is 4.98 Å². The number of thiazole rings is 1. The molecule has 3 aromatic rings. The Morgan fingerprint density at radius 2 is 2.11 bits per heavy atom. The number of ether oxygens (including phenoxy) is 3. The van der Waals surface area contributed by atoms with Crippen LogP contribution >= 0.6 is 11.3 Å². The molecule has 146 valence electrons. The summed E-state index contributed by atoms with van der Waals surface area (Å²) in [5.41, 5.74) is 0.829. The van der Waals surface area contributed by atoms with Gasteiger partial charge in [-0.3, -0.25) is 4.79 Å². The Morgan fingerprint density at radius 3 is 2.93 bits per heavy atom. The van der Waals surface area contributed by atoms with E-state index in [0.29, 0.717) is 24.8 Å². The number of nitrogens with one attached hydrogen (secondary N) is 1. The molecule has 0 aliphatic carbocycles. The van der Waals surface area contributed by atoms with Crippen LogP contribution in [-0.2, 0) is 14.3 Å². The number of carbonyl (C=O) groups is 1. The number of nitrogens with zero attached hydrogens (tertiary/aromatic N) is 1. The van der Waals surface area contributed by atoms with Gasteiger partial charge in [0.1, 0.15) is 11.5 Å². The number of benzene rings is 2. The molecule has 1 N–H and O–H groups in total. The maximum absolute atomic E-state index is 12.1. The van der Waals surface area contributed by atoms with Gasteiger partial charge in [0, 0.05) is 12.7 Å². The lowest BCUT2D eigenvalue weighted by molar-refractivity contribution is -0.117. The van der Waals surface area contributed by atoms with Crippen molar-refractivity contribution in [2.75, 3.05) is 25.1 Å². The second-order valence-electron chi connectivity index (χ2n) is 6.57. The Hall–Kier alpha value is -2.48. The van der Waals surface area contributed by atoms with Crippen molar-refractivity contribution in [3.05, 3.63) is 48.5 Å². The molecule has 1 fully saturated rings. The van der Waals surface area contributed by atoms with E-state index in [9.17, 15) is 4.79 Å². The van der Waals surface area contributed by atoms with E-state index in [1.165, 1.54) is 11.3 Å². The van der Waals surface area contributed by atoms with Crippen LogP contribution in [0.15, 0.2) is 48.5 Å². The van der Waals surface area contributed by atoms with Gasteiger partial charge >= 0.3 is 0 Å². The molecule has 0 saturated carbocycles. The second-order valence-corrected chi connectivity index (χ2v) is 7.60. The van der Waals surface area contributed by atoms with E-state index < -0.39 is 0 Å². The number of para-hydroxylation sites is 1. The summed E-state index contributed by atoms with van der Waals surface area (Å²) in [6, 6.07) is 15.3. The van der Waals surface area contributed by atoms with Gasteiger partial charge in [-0.2, -0.15) is 0 Å². The number of hydrogen-bond acceptors (Lipinski definition) is 6. The Kier molecular flexibility index (Phi) is 6.16. The first-order valence-electron chi connectivity index (χ1n) is 9.39. The van der Waals surface area contributed by atoms with Crippen LogP contribution in [0.5, 0.6) is 11.5 Å². The Bertz CT molecular complexity index is 923. The summed E-state index contributed by atoms with van der Waals surface area (Å²) in [4.78, 5) is 16.6. The van der Waals surface area contributed by atoms with Crippen molar-refractivity contribution in [3.8, 4) is 11.5 Å². The van der Waals surface area contributed by atoms with Crippen molar-refractivity contribution < 1.29 is 19.0 Å². The summed E-state index contributed by atoms with van der Waals surface area (Å²) in [7, 11) is 0. The first kappa shape index (κ1) is 18.9. The topological polar surface area (TPSA) is 69.7 Å². The molecule has 0 bridgehead atoms. The van der Waals surface area contributed by atoms with E-state index in [4.69, 9.17) is 14.2 Å². The monoisotopic (exact) mass is 398 g/mol. The fourth-order valence-electron chi connectivity index (χ4n) is 2.98. The molecule has 6 nitrogen and oxygen atoms in total. The Balaban J connectivity index is 1.29. The van der Waals surface area contributed by atoms with Crippen molar-refractivity contribution in [3.63, 3.8) is 0 Å². The highest BCUT2D eigenvalue weighted by atomic mass is 32.1. The van der Waals surface area contributed by atoms with Gasteiger partial charge in [0.15, 0.2) is 5.13 Å². The number of hydrogen-bond donors (Lipinski definition) is 1. The van der Waals surface area contributed by atoms with Gasteiger partial charge in [-0.05, 0) is 37.1 Å². The van der Waals surface area contributed by atoms with E-state index in [0.717, 1.165) is 41.2 Å². The predicted octanol–water partition coefficient (Wildman–Crippen LogP) is 4.61. The Labute approximate surface area is 167 Å². The van der Waals surface area contributed by atoms with Crippen molar-refractivity contribution in [2.24, 2.45) is 0 Å². The average molecular weight is 398 g/mol. The van der Waals surface area contributed by atoms with E-state index in [2.05, 4.69) is 10.3 Å². The third-order valence-corrected chi connectivity index (χ3v) is 5.32. The minimum Gasteiger partial charge on any atom is -0.457 e. The summed E-state index contributed by atoms with van der Waals surface area (Å²) in [5, 5.41) is 3.42. The highest BCUT2D eigenvalue weighted by Crippen LogP contribution is 2.31. The fourth-order valence-corrected chi connectivity index (χ4v) is 3.89. The SMILES string of the molecule is O=C(CCOCC1CCCO1)Nc1nc2ccc(Oc3ccccc3)cc2s1. The van der Waals surface area contributed by atoms with Crippen LogP contribution in [0.25, 0.3) is 10.2 Å². The van der Waals surface area contributed by atoms with Crippen LogP contribution in [0.1, 0.15) is 19.3 Å². The van der Waals surface area contributed by atoms with Crippen molar-refractivity contribution >= 4 is 32.6 Å². The number of carbonyl (C=O) groups excluding carboxylic acids is 1. The molecule has 1 aromatic heterocycles. The average Bonchev–Trinajstić information content (AvgIpc) is 3.35. The molecule has 4 rings (SSSR count). The second kappa shape index (κ2) is 9.14. The summed E-state index contributed by atoms with van der Waals surface area (Å²) < 4.78 is 17.8. The van der Waals surface area contributed by atoms with Gasteiger partial charge in [-0.1, -0.05) is 29.5 Å². The number of amides is 1. The van der Waals surface area contributed by atoms with Gasteiger partial charge < -0.3 is 19.5 Å². The van der Waals surface area contributed by atoms with Crippen molar-refractivity contribution in [1.29, 1.82) is 0 Å². The lowest BCUT2D eigenvalue weighted by Gasteiger charge is -2.09. The third-order valence-electron chi connectivity index (χ3n) is 4.39. The largest absolute Gasteiger partial charge is 0.457 e. The van der Waals surface area contributed by atoms with E-state index in [1.54, 1.807) is 0 Å². The van der Waals surface area contributed by atoms with Gasteiger partial charge in [0.25, 0.3) is 0 Å². The third kappa shape index (κ3) is 5.07. The zero-order valence-corrected chi connectivity index (χ0v) is 16.2. The number of fused-ring (bicyclic) bond motifs is 1. The van der Waals surface area contributed by atoms with E-state index in [-0.39, 0.29) is 12.0 Å². The fraction of sp³-hybridized carbons (Fsp3) is 0.333. The van der Waals surface area contributed by atoms with Crippen LogP contribution in [-0.4, -0.2) is 36.8 Å². The standard InChI is InChI=1S/C21H22N2O4S/c24-20(10-12-25-14-17-7-4-11-26-17)23-21-22-18-9-8-16(13-19(18)28-21)27-15-5-2-1-3-6-15/h1-3,5-6,8-9,13,17H,4,7,10-12,14H2,(H,22,23,24). The maximum Gasteiger partial charge on any atom is 0.228 e. The molecule has 1 aliphatic heterocycles. The molecule has 7 heteroatoms. The molecule has 1 unspecified atom stereocenters. The molecule has 1 aliphatic rings. The lowest BCUT2D eigenvalue weighted by Crippen LogP contribution is -2.18. The molecule has 2 heterocycles. The van der Waals surface area contributed by atoms with E-state index >= 15 is 0 Å². The Morgan fingerprint density at radius 1 is 1.21 bits per heavy atom. The number of rotatable bonds is 8. The summed E-state index contributed by atoms with van der Waals surface area (Å²) in [6.07, 6.45) is 2.60. The molecule has 0 radical (unpaired) electrons. The first-order chi connectivity index (χ1) is 13.8. The number of anilines is 1.